The van der Waals surface area contributed by atoms with Gasteiger partial charge in [0.05, 0.1) is 0 Å². The summed E-state index contributed by atoms with van der Waals surface area (Å²) in [5.41, 5.74) is 0. The molecular weight excluding hydrogens is 206 g/mol. The van der Waals surface area contributed by atoms with Crippen LogP contribution in [0, 0.1) is 5.92 Å². The van der Waals surface area contributed by atoms with E-state index < -0.39 is 12.3 Å². The highest BCUT2D eigenvalue weighted by Gasteiger charge is 2.30. The van der Waals surface area contributed by atoms with E-state index in [1.165, 1.54) is 0 Å². The van der Waals surface area contributed by atoms with Gasteiger partial charge in [-0.15, -0.1) is 0 Å². The monoisotopic (exact) mass is 220 g/mol. The topological polar surface area (TPSA) is 49.4 Å². The van der Waals surface area contributed by atoms with Crippen molar-refractivity contribution >= 4 is 11.8 Å². The molecule has 0 saturated carbocycles. The van der Waals surface area contributed by atoms with Gasteiger partial charge in [0.15, 0.2) is 0 Å². The second-order valence-electron chi connectivity index (χ2n) is 3.51. The molecule has 1 saturated heterocycles. The molecule has 2 amide bonds. The molecule has 1 N–H and O–H groups in total. The van der Waals surface area contributed by atoms with E-state index in [4.69, 9.17) is 0 Å². The van der Waals surface area contributed by atoms with Gasteiger partial charge in [0.2, 0.25) is 5.91 Å². The van der Waals surface area contributed by atoms with Gasteiger partial charge >= 0.3 is 6.43 Å². The fourth-order valence-electron chi connectivity index (χ4n) is 1.70. The highest BCUT2D eigenvalue weighted by molar-refractivity contribution is 5.81. The molecule has 1 aliphatic heterocycles. The van der Waals surface area contributed by atoms with Gasteiger partial charge in [0, 0.05) is 26.1 Å². The summed E-state index contributed by atoms with van der Waals surface area (Å²) in [5, 5.41) is 2.51. The number of hydrogen-bond acceptors (Lipinski definition) is 2. The van der Waals surface area contributed by atoms with E-state index in [-0.39, 0.29) is 24.9 Å². The summed E-state index contributed by atoms with van der Waals surface area (Å²) in [6, 6.07) is 0. The molecule has 15 heavy (non-hydrogen) atoms. The van der Waals surface area contributed by atoms with Gasteiger partial charge in [-0.05, 0) is 12.8 Å². The summed E-state index contributed by atoms with van der Waals surface area (Å²) >= 11 is 0. The lowest BCUT2D eigenvalue weighted by molar-refractivity contribution is -0.145. The Bertz CT molecular complexity index is 250. The molecule has 0 atom stereocenters. The summed E-state index contributed by atoms with van der Waals surface area (Å²) in [7, 11) is 1.54. The predicted octanol–water partition coefficient (Wildman–Crippen LogP) is 0.236. The zero-order valence-electron chi connectivity index (χ0n) is 8.50. The zero-order chi connectivity index (χ0) is 11.4. The summed E-state index contributed by atoms with van der Waals surface area (Å²) in [6.45, 7) is 0.475. The predicted molar refractivity (Wildman–Crippen MR) is 49.4 cm³/mol. The van der Waals surface area contributed by atoms with E-state index in [1.54, 1.807) is 7.05 Å². The average Bonchev–Trinajstić information content (AvgIpc) is 2.27. The van der Waals surface area contributed by atoms with Gasteiger partial charge in [-0.3, -0.25) is 9.59 Å². The third-order valence-corrected chi connectivity index (χ3v) is 2.61. The Balaban J connectivity index is 2.42. The lowest BCUT2D eigenvalue weighted by atomic mass is 9.96. The van der Waals surface area contributed by atoms with Crippen molar-refractivity contribution in [2.45, 2.75) is 19.3 Å². The van der Waals surface area contributed by atoms with Crippen LogP contribution < -0.4 is 5.32 Å². The van der Waals surface area contributed by atoms with Crippen LogP contribution in [0.5, 0.6) is 0 Å². The average molecular weight is 220 g/mol. The Kier molecular flexibility index (Phi) is 3.99. The zero-order valence-corrected chi connectivity index (χ0v) is 8.50. The summed E-state index contributed by atoms with van der Waals surface area (Å²) in [6.07, 6.45) is -2.03. The molecule has 1 rings (SSSR count). The molecule has 0 aliphatic carbocycles. The molecule has 0 bridgehead atoms. The number of halogens is 2. The van der Waals surface area contributed by atoms with Crippen LogP contribution in [-0.2, 0) is 9.59 Å². The minimum absolute atomic E-state index is 0.0841. The number of likely N-dealkylation sites (tertiary alicyclic amines) is 1. The van der Waals surface area contributed by atoms with Crippen molar-refractivity contribution in [3.63, 3.8) is 0 Å². The molecule has 4 nitrogen and oxygen atoms in total. The molecule has 0 aromatic heterocycles. The number of alkyl halides is 2. The fraction of sp³-hybridized carbons (Fsp3) is 0.778. The van der Waals surface area contributed by atoms with Crippen LogP contribution in [-0.4, -0.2) is 43.3 Å². The van der Waals surface area contributed by atoms with Crippen LogP contribution in [0.1, 0.15) is 12.8 Å². The highest BCUT2D eigenvalue weighted by Crippen LogP contribution is 2.18. The molecule has 0 aromatic carbocycles. The van der Waals surface area contributed by atoms with Crippen molar-refractivity contribution in [1.29, 1.82) is 0 Å². The third-order valence-electron chi connectivity index (χ3n) is 2.61. The van der Waals surface area contributed by atoms with E-state index in [2.05, 4.69) is 5.32 Å². The van der Waals surface area contributed by atoms with E-state index in [9.17, 15) is 18.4 Å². The van der Waals surface area contributed by atoms with Gasteiger partial charge in [0.25, 0.3) is 5.91 Å². The van der Waals surface area contributed by atoms with Gasteiger partial charge in [-0.2, -0.15) is 8.78 Å². The number of amides is 2. The number of carbonyl (C=O) groups is 2. The first kappa shape index (κ1) is 11.9. The molecule has 1 aliphatic rings. The van der Waals surface area contributed by atoms with Crippen LogP contribution in [0.25, 0.3) is 0 Å². The van der Waals surface area contributed by atoms with Crippen molar-refractivity contribution in [3.8, 4) is 0 Å². The van der Waals surface area contributed by atoms with Crippen molar-refractivity contribution < 1.29 is 18.4 Å². The number of carbonyl (C=O) groups excluding carboxylic acids is 2. The SMILES string of the molecule is CNC(=O)C1CCN(C(=O)C(F)F)CC1. The largest absolute Gasteiger partial charge is 0.359 e. The second kappa shape index (κ2) is 5.04. The van der Waals surface area contributed by atoms with E-state index >= 15 is 0 Å². The second-order valence-corrected chi connectivity index (χ2v) is 3.51. The van der Waals surface area contributed by atoms with Crippen LogP contribution in [0.15, 0.2) is 0 Å². The number of rotatable bonds is 2. The van der Waals surface area contributed by atoms with Gasteiger partial charge < -0.3 is 10.2 Å². The van der Waals surface area contributed by atoms with Gasteiger partial charge in [-0.25, -0.2) is 0 Å². The molecule has 1 fully saturated rings. The number of piperidine rings is 1. The number of nitrogens with one attached hydrogen (secondary N) is 1. The van der Waals surface area contributed by atoms with E-state index in [1.807, 2.05) is 0 Å². The minimum Gasteiger partial charge on any atom is -0.359 e. The molecule has 0 unspecified atom stereocenters. The lowest BCUT2D eigenvalue weighted by Gasteiger charge is -2.30. The molecule has 1 heterocycles. The van der Waals surface area contributed by atoms with Crippen LogP contribution >= 0.6 is 0 Å². The van der Waals surface area contributed by atoms with Crippen molar-refractivity contribution in [3.05, 3.63) is 0 Å². The standard InChI is InChI=1S/C9H14F2N2O2/c1-12-8(14)6-2-4-13(5-3-6)9(15)7(10)11/h6-7H,2-5H2,1H3,(H,12,14). The lowest BCUT2D eigenvalue weighted by Crippen LogP contribution is -2.44. The quantitative estimate of drug-likeness (QED) is 0.724. The van der Waals surface area contributed by atoms with Crippen molar-refractivity contribution in [2.75, 3.05) is 20.1 Å². The first-order valence-corrected chi connectivity index (χ1v) is 4.84. The maximum atomic E-state index is 12.1. The Morgan fingerprint density at radius 2 is 1.87 bits per heavy atom. The number of hydrogen-bond donors (Lipinski definition) is 1. The third kappa shape index (κ3) is 2.87. The Hall–Kier alpha value is -1.20. The van der Waals surface area contributed by atoms with Crippen molar-refractivity contribution in [2.24, 2.45) is 5.92 Å². The fourth-order valence-corrected chi connectivity index (χ4v) is 1.70. The summed E-state index contributed by atoms with van der Waals surface area (Å²) < 4.78 is 24.1. The smallest absolute Gasteiger partial charge is 0.315 e. The molecule has 6 heteroatoms. The molecule has 86 valence electrons. The molecule has 0 radical (unpaired) electrons. The summed E-state index contributed by atoms with van der Waals surface area (Å²) in [5.74, 6) is -1.37. The Labute approximate surface area is 86.6 Å². The normalized spacial score (nSPS) is 18.0. The Morgan fingerprint density at radius 1 is 1.33 bits per heavy atom. The van der Waals surface area contributed by atoms with Crippen molar-refractivity contribution in [1.82, 2.24) is 10.2 Å². The van der Waals surface area contributed by atoms with E-state index in [0.717, 1.165) is 4.90 Å². The Morgan fingerprint density at radius 3 is 2.27 bits per heavy atom. The first-order chi connectivity index (χ1) is 7.06. The van der Waals surface area contributed by atoms with Crippen LogP contribution in [0.3, 0.4) is 0 Å². The van der Waals surface area contributed by atoms with Crippen LogP contribution in [0.4, 0.5) is 8.78 Å². The summed E-state index contributed by atoms with van der Waals surface area (Å²) in [4.78, 5) is 23.2. The van der Waals surface area contributed by atoms with Crippen LogP contribution in [0.2, 0.25) is 0 Å². The molecule has 0 aromatic rings. The van der Waals surface area contributed by atoms with Gasteiger partial charge in [0.1, 0.15) is 0 Å². The highest BCUT2D eigenvalue weighted by atomic mass is 19.3. The molecular formula is C9H14F2N2O2. The van der Waals surface area contributed by atoms with Gasteiger partial charge in [-0.1, -0.05) is 0 Å². The maximum absolute atomic E-state index is 12.1. The first-order valence-electron chi connectivity index (χ1n) is 4.84. The van der Waals surface area contributed by atoms with E-state index in [0.29, 0.717) is 12.8 Å². The molecule has 0 spiro atoms. The number of nitrogens with zero attached hydrogens (tertiary/aromatic N) is 1. The maximum Gasteiger partial charge on any atom is 0.315 e. The minimum atomic E-state index is -2.94.